The first-order valence-corrected chi connectivity index (χ1v) is 6.71. The molecule has 0 spiro atoms. The lowest BCUT2D eigenvalue weighted by Crippen LogP contribution is -2.19. The SMILES string of the molecule is CCc1nnc(NC2CCC(C)C2)nc1CC. The van der Waals surface area contributed by atoms with Gasteiger partial charge in [0.2, 0.25) is 5.95 Å². The van der Waals surface area contributed by atoms with E-state index in [2.05, 4.69) is 41.3 Å². The summed E-state index contributed by atoms with van der Waals surface area (Å²) in [5.74, 6) is 1.53. The quantitative estimate of drug-likeness (QED) is 0.870. The fourth-order valence-electron chi connectivity index (χ4n) is 2.52. The van der Waals surface area contributed by atoms with Crippen LogP contribution in [0.3, 0.4) is 0 Å². The van der Waals surface area contributed by atoms with E-state index in [0.29, 0.717) is 12.0 Å². The number of nitrogens with zero attached hydrogens (tertiary/aromatic N) is 3. The summed E-state index contributed by atoms with van der Waals surface area (Å²) in [5, 5.41) is 11.8. The maximum Gasteiger partial charge on any atom is 0.243 e. The highest BCUT2D eigenvalue weighted by molar-refractivity contribution is 5.27. The van der Waals surface area contributed by atoms with E-state index in [1.165, 1.54) is 19.3 Å². The van der Waals surface area contributed by atoms with Gasteiger partial charge in [-0.25, -0.2) is 4.98 Å². The van der Waals surface area contributed by atoms with Gasteiger partial charge in [-0.3, -0.25) is 0 Å². The second-order valence-electron chi connectivity index (χ2n) is 5.00. The number of aromatic nitrogens is 3. The first-order chi connectivity index (χ1) is 8.22. The minimum atomic E-state index is 0.531. The van der Waals surface area contributed by atoms with Crippen LogP contribution in [0.15, 0.2) is 0 Å². The predicted molar refractivity (Wildman–Crippen MR) is 69.0 cm³/mol. The summed E-state index contributed by atoms with van der Waals surface area (Å²) in [4.78, 5) is 4.57. The van der Waals surface area contributed by atoms with Crippen LogP contribution in [0.2, 0.25) is 0 Å². The minimum absolute atomic E-state index is 0.531. The standard InChI is InChI=1S/C13H22N4/c1-4-11-12(5-2)16-17-13(15-11)14-10-7-6-9(3)8-10/h9-10H,4-8H2,1-3H3,(H,14,15,17). The molecule has 1 heterocycles. The van der Waals surface area contributed by atoms with Gasteiger partial charge in [-0.1, -0.05) is 20.8 Å². The van der Waals surface area contributed by atoms with Crippen molar-refractivity contribution >= 4 is 5.95 Å². The van der Waals surface area contributed by atoms with E-state index in [1.54, 1.807) is 0 Å². The normalized spacial score (nSPS) is 23.9. The summed E-state index contributed by atoms with van der Waals surface area (Å²) in [6.07, 6.45) is 5.58. The number of aryl methyl sites for hydroxylation is 2. The van der Waals surface area contributed by atoms with Crippen molar-refractivity contribution in [1.82, 2.24) is 15.2 Å². The topological polar surface area (TPSA) is 50.7 Å². The summed E-state index contributed by atoms with van der Waals surface area (Å²) < 4.78 is 0. The number of rotatable bonds is 4. The third-order valence-corrected chi connectivity index (χ3v) is 3.54. The summed E-state index contributed by atoms with van der Waals surface area (Å²) in [6, 6.07) is 0.531. The van der Waals surface area contributed by atoms with Gasteiger partial charge in [0.15, 0.2) is 0 Å². The highest BCUT2D eigenvalue weighted by atomic mass is 15.2. The van der Waals surface area contributed by atoms with Gasteiger partial charge < -0.3 is 5.32 Å². The Labute approximate surface area is 103 Å². The number of hydrogen-bond donors (Lipinski definition) is 1. The van der Waals surface area contributed by atoms with Gasteiger partial charge in [0.1, 0.15) is 0 Å². The largest absolute Gasteiger partial charge is 0.350 e. The molecule has 2 unspecified atom stereocenters. The average molecular weight is 234 g/mol. The van der Waals surface area contributed by atoms with Crippen molar-refractivity contribution in [2.24, 2.45) is 5.92 Å². The van der Waals surface area contributed by atoms with E-state index in [4.69, 9.17) is 0 Å². The van der Waals surface area contributed by atoms with Gasteiger partial charge in [-0.2, -0.15) is 5.10 Å². The van der Waals surface area contributed by atoms with Crippen LogP contribution in [0.1, 0.15) is 51.4 Å². The fourth-order valence-corrected chi connectivity index (χ4v) is 2.52. The van der Waals surface area contributed by atoms with Crippen LogP contribution in [-0.4, -0.2) is 21.2 Å². The molecular formula is C13H22N4. The molecule has 17 heavy (non-hydrogen) atoms. The molecule has 1 aromatic rings. The van der Waals surface area contributed by atoms with Crippen LogP contribution in [-0.2, 0) is 12.8 Å². The van der Waals surface area contributed by atoms with Crippen LogP contribution < -0.4 is 5.32 Å². The van der Waals surface area contributed by atoms with E-state index < -0.39 is 0 Å². The van der Waals surface area contributed by atoms with E-state index in [9.17, 15) is 0 Å². The lowest BCUT2D eigenvalue weighted by molar-refractivity contribution is 0.601. The van der Waals surface area contributed by atoms with Crippen LogP contribution in [0.25, 0.3) is 0 Å². The number of anilines is 1. The Kier molecular flexibility index (Phi) is 3.92. The van der Waals surface area contributed by atoms with E-state index in [-0.39, 0.29) is 0 Å². The van der Waals surface area contributed by atoms with Crippen molar-refractivity contribution in [2.45, 2.75) is 58.9 Å². The zero-order valence-corrected chi connectivity index (χ0v) is 11.0. The lowest BCUT2D eigenvalue weighted by Gasteiger charge is -2.13. The monoisotopic (exact) mass is 234 g/mol. The maximum atomic E-state index is 4.57. The molecule has 0 saturated heterocycles. The molecule has 4 heteroatoms. The molecule has 0 amide bonds. The lowest BCUT2D eigenvalue weighted by atomic mass is 10.1. The van der Waals surface area contributed by atoms with E-state index >= 15 is 0 Å². The van der Waals surface area contributed by atoms with Crippen LogP contribution >= 0.6 is 0 Å². The molecule has 94 valence electrons. The minimum Gasteiger partial charge on any atom is -0.350 e. The van der Waals surface area contributed by atoms with Crippen molar-refractivity contribution in [2.75, 3.05) is 5.32 Å². The molecule has 1 aromatic heterocycles. The molecule has 1 aliphatic carbocycles. The highest BCUT2D eigenvalue weighted by Crippen LogP contribution is 2.26. The Morgan fingerprint density at radius 3 is 2.47 bits per heavy atom. The third-order valence-electron chi connectivity index (χ3n) is 3.54. The Morgan fingerprint density at radius 1 is 1.12 bits per heavy atom. The molecule has 1 saturated carbocycles. The van der Waals surface area contributed by atoms with E-state index in [1.807, 2.05) is 0 Å². The molecule has 1 fully saturated rings. The molecule has 2 atom stereocenters. The van der Waals surface area contributed by atoms with Crippen molar-refractivity contribution in [3.05, 3.63) is 11.4 Å². The van der Waals surface area contributed by atoms with Gasteiger partial charge in [0, 0.05) is 6.04 Å². The zero-order valence-electron chi connectivity index (χ0n) is 11.0. The van der Waals surface area contributed by atoms with Crippen molar-refractivity contribution in [3.63, 3.8) is 0 Å². The van der Waals surface area contributed by atoms with Gasteiger partial charge in [-0.05, 0) is 38.0 Å². The zero-order chi connectivity index (χ0) is 12.3. The Balaban J connectivity index is 2.06. The van der Waals surface area contributed by atoms with Gasteiger partial charge >= 0.3 is 0 Å². The predicted octanol–water partition coefficient (Wildman–Crippen LogP) is 2.60. The Morgan fingerprint density at radius 2 is 1.88 bits per heavy atom. The highest BCUT2D eigenvalue weighted by Gasteiger charge is 2.22. The second kappa shape index (κ2) is 5.43. The van der Waals surface area contributed by atoms with Gasteiger partial charge in [0.05, 0.1) is 11.4 Å². The van der Waals surface area contributed by atoms with Crippen LogP contribution in [0, 0.1) is 5.92 Å². The molecule has 0 bridgehead atoms. The van der Waals surface area contributed by atoms with Crippen molar-refractivity contribution < 1.29 is 0 Å². The molecule has 4 nitrogen and oxygen atoms in total. The number of nitrogens with one attached hydrogen (secondary N) is 1. The average Bonchev–Trinajstić information content (AvgIpc) is 2.74. The molecule has 1 N–H and O–H groups in total. The molecule has 0 aliphatic heterocycles. The first-order valence-electron chi connectivity index (χ1n) is 6.71. The molecule has 0 radical (unpaired) electrons. The number of hydrogen-bond acceptors (Lipinski definition) is 4. The second-order valence-corrected chi connectivity index (χ2v) is 5.00. The van der Waals surface area contributed by atoms with Crippen molar-refractivity contribution in [1.29, 1.82) is 0 Å². The smallest absolute Gasteiger partial charge is 0.243 e. The summed E-state index contributed by atoms with van der Waals surface area (Å²) in [5.41, 5.74) is 2.11. The fraction of sp³-hybridized carbons (Fsp3) is 0.769. The molecule has 0 aromatic carbocycles. The van der Waals surface area contributed by atoms with Crippen molar-refractivity contribution in [3.8, 4) is 0 Å². The van der Waals surface area contributed by atoms with Crippen LogP contribution in [0.4, 0.5) is 5.95 Å². The molecule has 2 rings (SSSR count). The van der Waals surface area contributed by atoms with Gasteiger partial charge in [-0.15, -0.1) is 5.10 Å². The van der Waals surface area contributed by atoms with Crippen LogP contribution in [0.5, 0.6) is 0 Å². The summed E-state index contributed by atoms with van der Waals surface area (Å²) in [7, 11) is 0. The molecular weight excluding hydrogens is 212 g/mol. The third kappa shape index (κ3) is 2.93. The van der Waals surface area contributed by atoms with Gasteiger partial charge in [0.25, 0.3) is 0 Å². The first kappa shape index (κ1) is 12.3. The Bertz CT molecular complexity index is 378. The summed E-state index contributed by atoms with van der Waals surface area (Å²) >= 11 is 0. The maximum absolute atomic E-state index is 4.57. The molecule has 1 aliphatic rings. The summed E-state index contributed by atoms with van der Waals surface area (Å²) in [6.45, 7) is 6.51. The van der Waals surface area contributed by atoms with E-state index in [0.717, 1.165) is 30.1 Å². The Hall–Kier alpha value is -1.19.